The molecule has 138 valence electrons. The number of anilines is 2. The lowest BCUT2D eigenvalue weighted by Gasteiger charge is -2.31. The van der Waals surface area contributed by atoms with Crippen molar-refractivity contribution in [3.8, 4) is 6.07 Å². The number of hydrazine groups is 1. The zero-order valence-electron chi connectivity index (χ0n) is 14.7. The third-order valence-electron chi connectivity index (χ3n) is 4.28. The van der Waals surface area contributed by atoms with Gasteiger partial charge in [0.15, 0.2) is 11.9 Å². The quantitative estimate of drug-likeness (QED) is 0.752. The Morgan fingerprint density at radius 2 is 2.30 bits per heavy atom. The van der Waals surface area contributed by atoms with Crippen LogP contribution in [0.4, 0.5) is 15.8 Å². The van der Waals surface area contributed by atoms with Gasteiger partial charge < -0.3 is 10.6 Å². The van der Waals surface area contributed by atoms with Crippen LogP contribution in [0.1, 0.15) is 19.8 Å². The first-order chi connectivity index (χ1) is 13.0. The van der Waals surface area contributed by atoms with E-state index < -0.39 is 11.9 Å². The van der Waals surface area contributed by atoms with E-state index in [-0.39, 0.29) is 11.6 Å². The predicted octanol–water partition coefficient (Wildman–Crippen LogP) is 1.77. The van der Waals surface area contributed by atoms with Gasteiger partial charge in [0.1, 0.15) is 17.3 Å². The molecule has 1 unspecified atom stereocenters. The topological polar surface area (TPSA) is 105 Å². The molecule has 4 rings (SSSR count). The second-order valence-corrected chi connectivity index (χ2v) is 6.60. The molecule has 1 fully saturated rings. The van der Waals surface area contributed by atoms with Crippen molar-refractivity contribution in [2.45, 2.75) is 31.8 Å². The third kappa shape index (κ3) is 3.60. The van der Waals surface area contributed by atoms with E-state index in [1.165, 1.54) is 19.1 Å². The molecular weight excluding hydrogens is 349 g/mol. The van der Waals surface area contributed by atoms with Crippen LogP contribution >= 0.6 is 0 Å². The van der Waals surface area contributed by atoms with E-state index in [1.54, 1.807) is 11.1 Å². The maximum absolute atomic E-state index is 13.8. The molecule has 0 saturated heterocycles. The highest BCUT2D eigenvalue weighted by molar-refractivity contribution is 6.46. The highest BCUT2D eigenvalue weighted by Gasteiger charge is 2.35. The summed E-state index contributed by atoms with van der Waals surface area (Å²) in [5.41, 5.74) is 4.53. The summed E-state index contributed by atoms with van der Waals surface area (Å²) in [6.45, 7) is 1.70. The van der Waals surface area contributed by atoms with E-state index in [9.17, 15) is 14.4 Å². The smallest absolute Gasteiger partial charge is 0.221 e. The maximum atomic E-state index is 13.8. The summed E-state index contributed by atoms with van der Waals surface area (Å²) in [6, 6.07) is 6.45. The van der Waals surface area contributed by atoms with Crippen molar-refractivity contribution in [3.05, 3.63) is 35.9 Å². The summed E-state index contributed by atoms with van der Waals surface area (Å²) in [7, 11) is 0. The van der Waals surface area contributed by atoms with Crippen LogP contribution < -0.4 is 16.1 Å². The van der Waals surface area contributed by atoms with Crippen molar-refractivity contribution in [3.63, 3.8) is 0 Å². The Morgan fingerprint density at radius 1 is 1.48 bits per heavy atom. The first-order valence-electron chi connectivity index (χ1n) is 8.67. The molecule has 0 radical (unpaired) electrons. The van der Waals surface area contributed by atoms with E-state index in [2.05, 4.69) is 32.1 Å². The molecule has 0 aromatic heterocycles. The van der Waals surface area contributed by atoms with Gasteiger partial charge in [-0.2, -0.15) is 5.26 Å². The second kappa shape index (κ2) is 6.72. The number of amidine groups is 1. The molecule has 1 aromatic carbocycles. The molecule has 1 saturated carbocycles. The maximum Gasteiger partial charge on any atom is 0.221 e. The van der Waals surface area contributed by atoms with Crippen LogP contribution in [0, 0.1) is 17.1 Å². The van der Waals surface area contributed by atoms with Crippen molar-refractivity contribution in [2.24, 2.45) is 9.98 Å². The van der Waals surface area contributed by atoms with Crippen LogP contribution in [0.3, 0.4) is 0 Å². The summed E-state index contributed by atoms with van der Waals surface area (Å²) in [5, 5.41) is 16.6. The molecule has 3 aliphatic rings. The first kappa shape index (κ1) is 17.0. The fourth-order valence-electron chi connectivity index (χ4n) is 2.88. The molecule has 0 bridgehead atoms. The molecule has 0 spiro atoms. The molecule has 27 heavy (non-hydrogen) atoms. The number of benzene rings is 1. The lowest BCUT2D eigenvalue weighted by molar-refractivity contribution is -0.114. The van der Waals surface area contributed by atoms with Gasteiger partial charge >= 0.3 is 0 Å². The van der Waals surface area contributed by atoms with Gasteiger partial charge in [0.05, 0.1) is 24.3 Å². The Bertz CT molecular complexity index is 926. The SMILES string of the molecule is CC(=O)Nc1cc(NC2=CC(=NC3CC3)C3=NCC(C#N)N3N2)ccc1F. The summed E-state index contributed by atoms with van der Waals surface area (Å²) in [6.07, 6.45) is 3.94. The summed E-state index contributed by atoms with van der Waals surface area (Å²) < 4.78 is 13.8. The van der Waals surface area contributed by atoms with Crippen molar-refractivity contribution in [1.29, 1.82) is 5.26 Å². The van der Waals surface area contributed by atoms with Gasteiger partial charge in [0.2, 0.25) is 5.91 Å². The minimum Gasteiger partial charge on any atom is -0.341 e. The predicted molar refractivity (Wildman–Crippen MR) is 99.5 cm³/mol. The van der Waals surface area contributed by atoms with Gasteiger partial charge in [-0.25, -0.2) is 9.40 Å². The number of hydrogen-bond donors (Lipinski definition) is 3. The fraction of sp³-hybridized carbons (Fsp3) is 0.333. The number of nitriles is 1. The van der Waals surface area contributed by atoms with Crippen molar-refractivity contribution >= 4 is 28.8 Å². The zero-order chi connectivity index (χ0) is 19.0. The first-order valence-corrected chi connectivity index (χ1v) is 8.67. The molecule has 3 N–H and O–H groups in total. The van der Waals surface area contributed by atoms with Gasteiger partial charge in [0, 0.05) is 18.7 Å². The highest BCUT2D eigenvalue weighted by Crippen LogP contribution is 2.26. The Kier molecular flexibility index (Phi) is 4.24. The molecule has 1 atom stereocenters. The van der Waals surface area contributed by atoms with E-state index in [0.717, 1.165) is 18.6 Å². The highest BCUT2D eigenvalue weighted by atomic mass is 19.1. The van der Waals surface area contributed by atoms with Gasteiger partial charge in [-0.3, -0.25) is 20.2 Å². The van der Waals surface area contributed by atoms with Crippen LogP contribution in [0.15, 0.2) is 40.1 Å². The molecular formula is C18H18FN7O. The monoisotopic (exact) mass is 367 g/mol. The number of rotatable bonds is 4. The van der Waals surface area contributed by atoms with Gasteiger partial charge in [-0.15, -0.1) is 0 Å². The number of hydrogen-bond acceptors (Lipinski definition) is 7. The Morgan fingerprint density at radius 3 is 3.00 bits per heavy atom. The fourth-order valence-corrected chi connectivity index (χ4v) is 2.88. The number of carbonyl (C=O) groups excluding carboxylic acids is 1. The van der Waals surface area contributed by atoms with Crippen LogP contribution in [-0.2, 0) is 4.79 Å². The average Bonchev–Trinajstić information content (AvgIpc) is 3.34. The van der Waals surface area contributed by atoms with Gasteiger partial charge in [-0.05, 0) is 31.0 Å². The van der Waals surface area contributed by atoms with Crippen molar-refractivity contribution < 1.29 is 9.18 Å². The molecule has 1 aliphatic carbocycles. The zero-order valence-corrected chi connectivity index (χ0v) is 14.7. The van der Waals surface area contributed by atoms with Gasteiger partial charge in [0.25, 0.3) is 0 Å². The Labute approximate surface area is 155 Å². The van der Waals surface area contributed by atoms with Crippen molar-refractivity contribution in [1.82, 2.24) is 10.4 Å². The normalized spacial score (nSPS) is 22.3. The van der Waals surface area contributed by atoms with E-state index in [4.69, 9.17) is 0 Å². The Hall–Kier alpha value is -3.41. The summed E-state index contributed by atoms with van der Waals surface area (Å²) >= 11 is 0. The number of fused-ring (bicyclic) bond motifs is 1. The molecule has 2 heterocycles. The molecule has 8 nitrogen and oxygen atoms in total. The number of nitrogens with one attached hydrogen (secondary N) is 3. The van der Waals surface area contributed by atoms with E-state index in [1.807, 2.05) is 6.08 Å². The Balaban J connectivity index is 1.61. The number of nitrogens with zero attached hydrogens (tertiary/aromatic N) is 4. The molecule has 9 heteroatoms. The van der Waals surface area contributed by atoms with Gasteiger partial charge in [-0.1, -0.05) is 0 Å². The second-order valence-electron chi connectivity index (χ2n) is 6.60. The lowest BCUT2D eigenvalue weighted by atomic mass is 10.2. The standard InChI is InChI=1S/C18H18FN7O/c1-10(27)22-15-6-12(4-5-14(15)19)24-17-7-16(23-11-2-3-11)18-21-9-13(8-20)26(18)25-17/h4-7,11,13,24-25H,2-3,9H2,1H3,(H,22,27). The van der Waals surface area contributed by atoms with Crippen LogP contribution in [-0.4, -0.2) is 41.1 Å². The lowest BCUT2D eigenvalue weighted by Crippen LogP contribution is -2.52. The summed E-state index contributed by atoms with van der Waals surface area (Å²) in [5.74, 6) is 0.387. The van der Waals surface area contributed by atoms with Crippen LogP contribution in [0.2, 0.25) is 0 Å². The molecule has 1 amide bonds. The number of amides is 1. The largest absolute Gasteiger partial charge is 0.341 e. The summed E-state index contributed by atoms with van der Waals surface area (Å²) in [4.78, 5) is 20.3. The van der Waals surface area contributed by atoms with E-state index >= 15 is 0 Å². The number of halogens is 1. The third-order valence-corrected chi connectivity index (χ3v) is 4.28. The van der Waals surface area contributed by atoms with Crippen LogP contribution in [0.5, 0.6) is 0 Å². The van der Waals surface area contributed by atoms with Crippen LogP contribution in [0.25, 0.3) is 0 Å². The minimum atomic E-state index is -0.518. The minimum absolute atomic E-state index is 0.0918. The average molecular weight is 367 g/mol. The molecule has 2 aliphatic heterocycles. The van der Waals surface area contributed by atoms with Crippen molar-refractivity contribution in [2.75, 3.05) is 17.2 Å². The van der Waals surface area contributed by atoms with E-state index in [0.29, 0.717) is 29.9 Å². The number of carbonyl (C=O) groups is 1. The number of aliphatic imine (C=N–C) groups is 2. The molecule has 1 aromatic rings.